The Labute approximate surface area is 56.6 Å². The van der Waals surface area contributed by atoms with Crippen LogP contribution in [0.25, 0.3) is 0 Å². The van der Waals surface area contributed by atoms with Crippen LogP contribution in [0.1, 0.15) is 13.3 Å². The highest BCUT2D eigenvalue weighted by Gasteiger charge is 1.74. The van der Waals surface area contributed by atoms with Crippen LogP contribution in [0, 0.1) is 0 Å². The third kappa shape index (κ3) is 4.88. The summed E-state index contributed by atoms with van der Waals surface area (Å²) >= 11 is 0. The summed E-state index contributed by atoms with van der Waals surface area (Å²) < 4.78 is 0. The van der Waals surface area contributed by atoms with Crippen LogP contribution >= 0.6 is 0 Å². The quantitative estimate of drug-likeness (QED) is 0.570. The molecule has 0 amide bonds. The van der Waals surface area contributed by atoms with E-state index in [1.165, 1.54) is 0 Å². The molecule has 0 aromatic carbocycles. The van der Waals surface area contributed by atoms with E-state index in [1.807, 2.05) is 12.2 Å². The van der Waals surface area contributed by atoms with Crippen LogP contribution < -0.4 is 5.73 Å². The largest absolute Gasteiger partial charge is 0.399 e. The highest BCUT2D eigenvalue weighted by atomic mass is 14.5. The Kier molecular flexibility index (Phi) is 4.60. The molecule has 0 saturated heterocycles. The minimum absolute atomic E-state index is 0.756. The van der Waals surface area contributed by atoms with E-state index in [-0.39, 0.29) is 0 Å². The highest BCUT2D eigenvalue weighted by molar-refractivity contribution is 5.18. The maximum atomic E-state index is 5.47. The first-order valence-electron chi connectivity index (χ1n) is 3.06. The van der Waals surface area contributed by atoms with Gasteiger partial charge < -0.3 is 5.73 Å². The fourth-order valence-electron chi connectivity index (χ4n) is 0.446. The van der Waals surface area contributed by atoms with Crippen molar-refractivity contribution in [1.82, 2.24) is 0 Å². The Morgan fingerprint density at radius 2 is 2.33 bits per heavy atom. The minimum Gasteiger partial charge on any atom is -0.399 e. The van der Waals surface area contributed by atoms with Crippen molar-refractivity contribution >= 4 is 0 Å². The number of allylic oxidation sites excluding steroid dienone is 4. The fourth-order valence-corrected chi connectivity index (χ4v) is 0.446. The molecule has 0 spiro atoms. The lowest BCUT2D eigenvalue weighted by Gasteiger charge is -1.86. The predicted molar refractivity (Wildman–Crippen MR) is 41.9 cm³/mol. The maximum absolute atomic E-state index is 5.47. The molecule has 0 fully saturated rings. The van der Waals surface area contributed by atoms with Gasteiger partial charge in [0.25, 0.3) is 0 Å². The highest BCUT2D eigenvalue weighted by Crippen LogP contribution is 1.88. The average molecular weight is 123 g/mol. The molecule has 1 heteroatoms. The van der Waals surface area contributed by atoms with Gasteiger partial charge in [0, 0.05) is 5.70 Å². The zero-order valence-corrected chi connectivity index (χ0v) is 5.80. The lowest BCUT2D eigenvalue weighted by molar-refractivity contribution is 1.21. The first kappa shape index (κ1) is 8.02. The van der Waals surface area contributed by atoms with Crippen molar-refractivity contribution in [2.45, 2.75) is 13.3 Å². The van der Waals surface area contributed by atoms with Crippen LogP contribution in [0.4, 0.5) is 0 Å². The molecule has 0 saturated carbocycles. The monoisotopic (exact) mass is 123 g/mol. The summed E-state index contributed by atoms with van der Waals surface area (Å²) in [6.07, 6.45) is 8.35. The van der Waals surface area contributed by atoms with Gasteiger partial charge in [0.05, 0.1) is 0 Å². The van der Waals surface area contributed by atoms with Crippen molar-refractivity contribution in [3.05, 3.63) is 36.6 Å². The van der Waals surface area contributed by atoms with Gasteiger partial charge in [-0.05, 0) is 18.6 Å². The molecule has 0 aromatic heterocycles. The van der Waals surface area contributed by atoms with Crippen molar-refractivity contribution in [3.63, 3.8) is 0 Å². The standard InChI is InChI=1S/C8H13N/c1-3-5-7-8(9)6-4-2/h4-7H,2-3,9H2,1H3. The summed E-state index contributed by atoms with van der Waals surface area (Å²) in [7, 11) is 0. The topological polar surface area (TPSA) is 26.0 Å². The van der Waals surface area contributed by atoms with Gasteiger partial charge in [-0.15, -0.1) is 0 Å². The van der Waals surface area contributed by atoms with Crippen LogP contribution in [-0.4, -0.2) is 0 Å². The molecule has 0 aliphatic carbocycles. The first-order valence-corrected chi connectivity index (χ1v) is 3.06. The molecule has 9 heavy (non-hydrogen) atoms. The van der Waals surface area contributed by atoms with Gasteiger partial charge in [-0.1, -0.05) is 25.7 Å². The second-order valence-corrected chi connectivity index (χ2v) is 1.71. The number of nitrogens with two attached hydrogens (primary N) is 1. The molecule has 0 heterocycles. The zero-order chi connectivity index (χ0) is 7.11. The van der Waals surface area contributed by atoms with Gasteiger partial charge in [-0.2, -0.15) is 0 Å². The summed E-state index contributed by atoms with van der Waals surface area (Å²) in [6.45, 7) is 5.59. The molecular formula is C8H13N. The summed E-state index contributed by atoms with van der Waals surface area (Å²) in [5, 5.41) is 0. The molecule has 0 atom stereocenters. The summed E-state index contributed by atoms with van der Waals surface area (Å²) in [5.41, 5.74) is 6.23. The molecule has 0 radical (unpaired) electrons. The molecule has 0 rings (SSSR count). The average Bonchev–Trinajstić information content (AvgIpc) is 1.85. The van der Waals surface area contributed by atoms with Crippen molar-refractivity contribution in [1.29, 1.82) is 0 Å². The molecule has 0 aromatic rings. The van der Waals surface area contributed by atoms with E-state index in [0.717, 1.165) is 12.1 Å². The van der Waals surface area contributed by atoms with E-state index in [0.29, 0.717) is 0 Å². The van der Waals surface area contributed by atoms with Gasteiger partial charge in [0.15, 0.2) is 0 Å². The number of rotatable bonds is 3. The van der Waals surface area contributed by atoms with E-state index in [2.05, 4.69) is 13.5 Å². The fraction of sp³-hybridized carbons (Fsp3) is 0.250. The van der Waals surface area contributed by atoms with Crippen LogP contribution in [0.15, 0.2) is 36.6 Å². The van der Waals surface area contributed by atoms with E-state index in [4.69, 9.17) is 5.73 Å². The van der Waals surface area contributed by atoms with Crippen LogP contribution in [0.3, 0.4) is 0 Å². The van der Waals surface area contributed by atoms with Crippen molar-refractivity contribution in [2.24, 2.45) is 5.73 Å². The van der Waals surface area contributed by atoms with Gasteiger partial charge in [-0.25, -0.2) is 0 Å². The van der Waals surface area contributed by atoms with E-state index in [1.54, 1.807) is 12.2 Å². The normalized spacial score (nSPS) is 12.3. The van der Waals surface area contributed by atoms with Crippen LogP contribution in [0.2, 0.25) is 0 Å². The number of hydrogen-bond donors (Lipinski definition) is 1. The van der Waals surface area contributed by atoms with Crippen LogP contribution in [-0.2, 0) is 0 Å². The molecule has 0 aliphatic rings. The van der Waals surface area contributed by atoms with Crippen molar-refractivity contribution in [2.75, 3.05) is 0 Å². The molecular weight excluding hydrogens is 110 g/mol. The second-order valence-electron chi connectivity index (χ2n) is 1.71. The number of hydrogen-bond acceptors (Lipinski definition) is 1. The summed E-state index contributed by atoms with van der Waals surface area (Å²) in [5.74, 6) is 0. The van der Waals surface area contributed by atoms with E-state index < -0.39 is 0 Å². The summed E-state index contributed by atoms with van der Waals surface area (Å²) in [4.78, 5) is 0. The lowest BCUT2D eigenvalue weighted by atomic mass is 10.3. The summed E-state index contributed by atoms with van der Waals surface area (Å²) in [6, 6.07) is 0. The Morgan fingerprint density at radius 3 is 2.78 bits per heavy atom. The molecule has 0 aliphatic heterocycles. The SMILES string of the molecule is C=CC=C(N)C=CCC. The predicted octanol–water partition coefficient (Wildman–Crippen LogP) is 1.98. The minimum atomic E-state index is 0.756. The molecule has 50 valence electrons. The van der Waals surface area contributed by atoms with Gasteiger partial charge in [-0.3, -0.25) is 0 Å². The Hall–Kier alpha value is -0.980. The zero-order valence-electron chi connectivity index (χ0n) is 5.80. The Morgan fingerprint density at radius 1 is 1.67 bits per heavy atom. The maximum Gasteiger partial charge on any atom is 0.0310 e. The van der Waals surface area contributed by atoms with Gasteiger partial charge in [0.2, 0.25) is 0 Å². The third-order valence-electron chi connectivity index (χ3n) is 0.856. The molecule has 0 bridgehead atoms. The second kappa shape index (κ2) is 5.16. The van der Waals surface area contributed by atoms with Crippen molar-refractivity contribution < 1.29 is 0 Å². The smallest absolute Gasteiger partial charge is 0.0310 e. The lowest BCUT2D eigenvalue weighted by Crippen LogP contribution is -1.90. The van der Waals surface area contributed by atoms with Gasteiger partial charge >= 0.3 is 0 Å². The van der Waals surface area contributed by atoms with E-state index in [9.17, 15) is 0 Å². The Bertz CT molecular complexity index is 132. The first-order chi connectivity index (χ1) is 4.31. The van der Waals surface area contributed by atoms with Crippen molar-refractivity contribution in [3.8, 4) is 0 Å². The Balaban J connectivity index is 3.74. The molecule has 2 N–H and O–H groups in total. The van der Waals surface area contributed by atoms with Crippen LogP contribution in [0.5, 0.6) is 0 Å². The van der Waals surface area contributed by atoms with E-state index >= 15 is 0 Å². The molecule has 0 unspecified atom stereocenters. The third-order valence-corrected chi connectivity index (χ3v) is 0.856. The van der Waals surface area contributed by atoms with Gasteiger partial charge in [0.1, 0.15) is 0 Å². The molecule has 1 nitrogen and oxygen atoms in total.